The smallest absolute Gasteiger partial charge is 0.272 e. The number of aromatic nitrogens is 1. The van der Waals surface area contributed by atoms with Gasteiger partial charge in [0, 0.05) is 18.8 Å². The Morgan fingerprint density at radius 1 is 1.59 bits per heavy atom. The zero-order valence-corrected chi connectivity index (χ0v) is 9.92. The van der Waals surface area contributed by atoms with Crippen molar-refractivity contribution in [2.24, 2.45) is 0 Å². The molecule has 0 aliphatic carbocycles. The highest BCUT2D eigenvalue weighted by Gasteiger charge is 2.19. The number of nitrogens with zero attached hydrogens (tertiary/aromatic N) is 3. The molecule has 0 fully saturated rings. The average Bonchev–Trinajstić information content (AvgIpc) is 2.35. The van der Waals surface area contributed by atoms with Gasteiger partial charge in [0.15, 0.2) is 0 Å². The Bertz CT molecular complexity index is 420. The van der Waals surface area contributed by atoms with E-state index in [0.29, 0.717) is 5.56 Å². The molecule has 1 aromatic rings. The lowest BCUT2D eigenvalue weighted by Gasteiger charge is -2.25. The van der Waals surface area contributed by atoms with Crippen LogP contribution in [0.3, 0.4) is 0 Å². The quantitative estimate of drug-likeness (QED) is 0.834. The maximum atomic E-state index is 12.0. The van der Waals surface area contributed by atoms with Crippen molar-refractivity contribution < 1.29 is 9.90 Å². The number of aliphatic hydroxyl groups excluding tert-OH is 1. The molecule has 0 aromatic carbocycles. The van der Waals surface area contributed by atoms with Gasteiger partial charge in [0.25, 0.3) is 5.91 Å². The molecular weight excluding hydrogens is 218 g/mol. The van der Waals surface area contributed by atoms with Gasteiger partial charge in [0.05, 0.1) is 12.2 Å². The number of carbonyl (C=O) groups excluding carboxylic acids is 1. The molecule has 0 saturated heterocycles. The minimum absolute atomic E-state index is 0.00732. The number of pyridine rings is 1. The molecule has 0 atom stereocenters. The molecule has 0 spiro atoms. The molecule has 1 rings (SSSR count). The third-order valence-electron chi connectivity index (χ3n) is 2.34. The minimum atomic E-state index is -0.237. The van der Waals surface area contributed by atoms with Crippen LogP contribution in [0.25, 0.3) is 0 Å². The van der Waals surface area contributed by atoms with Crippen molar-refractivity contribution in [1.29, 1.82) is 5.26 Å². The molecule has 0 bridgehead atoms. The Balaban J connectivity index is 2.90. The monoisotopic (exact) mass is 233 g/mol. The Morgan fingerprint density at radius 2 is 2.29 bits per heavy atom. The second-order valence-electron chi connectivity index (χ2n) is 3.86. The zero-order chi connectivity index (χ0) is 12.8. The van der Waals surface area contributed by atoms with Gasteiger partial charge in [-0.25, -0.2) is 4.98 Å². The minimum Gasteiger partial charge on any atom is -0.395 e. The van der Waals surface area contributed by atoms with Crippen molar-refractivity contribution in [1.82, 2.24) is 9.88 Å². The van der Waals surface area contributed by atoms with Crippen molar-refractivity contribution in [3.05, 3.63) is 29.6 Å². The van der Waals surface area contributed by atoms with E-state index in [9.17, 15) is 4.79 Å². The van der Waals surface area contributed by atoms with Crippen LogP contribution in [0.4, 0.5) is 0 Å². The highest BCUT2D eigenvalue weighted by atomic mass is 16.3. The lowest BCUT2D eigenvalue weighted by molar-refractivity contribution is 0.0659. The van der Waals surface area contributed by atoms with Crippen molar-refractivity contribution >= 4 is 5.91 Å². The van der Waals surface area contributed by atoms with Crippen LogP contribution in [0.5, 0.6) is 0 Å². The average molecular weight is 233 g/mol. The molecule has 1 aromatic heterocycles. The van der Waals surface area contributed by atoms with Gasteiger partial charge in [-0.3, -0.25) is 4.79 Å². The molecule has 5 nitrogen and oxygen atoms in total. The van der Waals surface area contributed by atoms with E-state index in [-0.39, 0.29) is 30.8 Å². The fourth-order valence-corrected chi connectivity index (χ4v) is 1.44. The number of hydrogen-bond donors (Lipinski definition) is 1. The first-order valence-electron chi connectivity index (χ1n) is 5.38. The van der Waals surface area contributed by atoms with Crippen molar-refractivity contribution in [2.75, 3.05) is 13.2 Å². The molecule has 1 heterocycles. The first kappa shape index (κ1) is 13.1. The van der Waals surface area contributed by atoms with Gasteiger partial charge in [-0.2, -0.15) is 5.26 Å². The molecule has 0 saturated carbocycles. The van der Waals surface area contributed by atoms with Crippen LogP contribution in [0, 0.1) is 11.3 Å². The Morgan fingerprint density at radius 3 is 2.71 bits per heavy atom. The number of rotatable bonds is 4. The van der Waals surface area contributed by atoms with Crippen LogP contribution in [0.15, 0.2) is 18.3 Å². The summed E-state index contributed by atoms with van der Waals surface area (Å²) < 4.78 is 0. The van der Waals surface area contributed by atoms with Crippen molar-refractivity contribution in [3.63, 3.8) is 0 Å². The van der Waals surface area contributed by atoms with Gasteiger partial charge in [0.2, 0.25) is 0 Å². The van der Waals surface area contributed by atoms with Crippen LogP contribution in [0.2, 0.25) is 0 Å². The molecule has 0 aliphatic rings. The fourth-order valence-electron chi connectivity index (χ4n) is 1.44. The van der Waals surface area contributed by atoms with Gasteiger partial charge in [-0.05, 0) is 26.0 Å². The second-order valence-corrected chi connectivity index (χ2v) is 3.86. The normalized spacial score (nSPS) is 10.1. The van der Waals surface area contributed by atoms with Crippen LogP contribution >= 0.6 is 0 Å². The predicted octanol–water partition coefficient (Wildman–Crippen LogP) is 0.796. The lowest BCUT2D eigenvalue weighted by atomic mass is 10.2. The summed E-state index contributed by atoms with van der Waals surface area (Å²) in [4.78, 5) is 17.5. The van der Waals surface area contributed by atoms with E-state index in [1.807, 2.05) is 19.9 Å². The number of amides is 1. The topological polar surface area (TPSA) is 77.2 Å². The van der Waals surface area contributed by atoms with E-state index in [0.717, 1.165) is 0 Å². The van der Waals surface area contributed by atoms with E-state index in [1.165, 1.54) is 17.2 Å². The maximum Gasteiger partial charge on any atom is 0.272 e. The molecule has 90 valence electrons. The Hall–Kier alpha value is -1.93. The van der Waals surface area contributed by atoms with Crippen LogP contribution in [0.1, 0.15) is 29.9 Å². The number of nitriles is 1. The van der Waals surface area contributed by atoms with Crippen LogP contribution in [-0.2, 0) is 0 Å². The predicted molar refractivity (Wildman–Crippen MR) is 62.2 cm³/mol. The molecule has 5 heteroatoms. The summed E-state index contributed by atoms with van der Waals surface area (Å²) in [5.74, 6) is -0.237. The van der Waals surface area contributed by atoms with E-state index >= 15 is 0 Å². The molecule has 1 N–H and O–H groups in total. The molecule has 17 heavy (non-hydrogen) atoms. The van der Waals surface area contributed by atoms with Crippen LogP contribution in [-0.4, -0.2) is 40.1 Å². The second kappa shape index (κ2) is 5.97. The number of aliphatic hydroxyl groups is 1. The highest BCUT2D eigenvalue weighted by molar-refractivity contribution is 5.92. The molecule has 1 amide bonds. The number of carbonyl (C=O) groups is 1. The summed E-state index contributed by atoms with van der Waals surface area (Å²) in [6, 6.07) is 5.01. The van der Waals surface area contributed by atoms with E-state index < -0.39 is 0 Å². The lowest BCUT2D eigenvalue weighted by Crippen LogP contribution is -2.39. The maximum absolute atomic E-state index is 12.0. The first-order valence-corrected chi connectivity index (χ1v) is 5.38. The van der Waals surface area contributed by atoms with E-state index in [1.54, 1.807) is 6.07 Å². The Labute approximate surface area is 100 Å². The van der Waals surface area contributed by atoms with Gasteiger partial charge in [-0.15, -0.1) is 0 Å². The van der Waals surface area contributed by atoms with E-state index in [2.05, 4.69) is 4.98 Å². The van der Waals surface area contributed by atoms with Crippen LogP contribution < -0.4 is 0 Å². The van der Waals surface area contributed by atoms with Gasteiger partial charge >= 0.3 is 0 Å². The third kappa shape index (κ3) is 3.26. The van der Waals surface area contributed by atoms with Gasteiger partial charge < -0.3 is 10.0 Å². The van der Waals surface area contributed by atoms with E-state index in [4.69, 9.17) is 10.4 Å². The van der Waals surface area contributed by atoms with Gasteiger partial charge in [0.1, 0.15) is 11.8 Å². The fraction of sp³-hybridized carbons (Fsp3) is 0.417. The molecular formula is C12H15N3O2. The van der Waals surface area contributed by atoms with Gasteiger partial charge in [-0.1, -0.05) is 0 Å². The van der Waals surface area contributed by atoms with Crippen molar-refractivity contribution in [3.8, 4) is 6.07 Å². The third-order valence-corrected chi connectivity index (χ3v) is 2.34. The summed E-state index contributed by atoms with van der Waals surface area (Å²) >= 11 is 0. The summed E-state index contributed by atoms with van der Waals surface area (Å²) in [5.41, 5.74) is 0.700. The standard InChI is InChI=1S/C12H15N3O2/c1-9(2)15(5-6-16)12(17)11-4-3-10(7-13)8-14-11/h3-4,8-9,16H,5-6H2,1-2H3. The summed E-state index contributed by atoms with van der Waals surface area (Å²) in [6.07, 6.45) is 1.37. The molecule has 0 radical (unpaired) electrons. The summed E-state index contributed by atoms with van der Waals surface area (Å²) in [7, 11) is 0. The number of hydrogen-bond acceptors (Lipinski definition) is 4. The van der Waals surface area contributed by atoms with Crippen molar-refractivity contribution in [2.45, 2.75) is 19.9 Å². The summed E-state index contributed by atoms with van der Waals surface area (Å²) in [5, 5.41) is 17.5. The first-order chi connectivity index (χ1) is 8.10. The SMILES string of the molecule is CC(C)N(CCO)C(=O)c1ccc(C#N)cn1. The highest BCUT2D eigenvalue weighted by Crippen LogP contribution is 2.07. The molecule has 0 unspecified atom stereocenters. The largest absolute Gasteiger partial charge is 0.395 e. The summed E-state index contributed by atoms with van der Waals surface area (Å²) in [6.45, 7) is 3.94. The Kier molecular flexibility index (Phi) is 4.61. The molecule has 0 aliphatic heterocycles. The zero-order valence-electron chi connectivity index (χ0n) is 9.92.